The van der Waals surface area contributed by atoms with Gasteiger partial charge in [-0.2, -0.15) is 0 Å². The number of phosphoric ester groups is 1. The van der Waals surface area contributed by atoms with Gasteiger partial charge in [0, 0.05) is 19.4 Å². The third kappa shape index (κ3) is 39.0. The molecule has 0 aliphatic heterocycles. The predicted octanol–water partition coefficient (Wildman–Crippen LogP) is 10.8. The molecule has 0 spiro atoms. The number of rotatable bonds is 37. The summed E-state index contributed by atoms with van der Waals surface area (Å²) in [6, 6.07) is 0. The van der Waals surface area contributed by atoms with E-state index in [1.807, 2.05) is 0 Å². The van der Waals surface area contributed by atoms with E-state index in [9.17, 15) is 24.2 Å². The number of carbonyl (C=O) groups is 2. The maximum atomic E-state index is 12.0. The number of aliphatic hydroxyl groups is 1. The lowest BCUT2D eigenvalue weighted by atomic mass is 10.1. The van der Waals surface area contributed by atoms with Crippen molar-refractivity contribution in [3.05, 3.63) is 48.6 Å². The van der Waals surface area contributed by atoms with E-state index in [4.69, 9.17) is 13.8 Å². The molecule has 0 aliphatic carbocycles. The van der Waals surface area contributed by atoms with Gasteiger partial charge >= 0.3 is 13.8 Å². The van der Waals surface area contributed by atoms with Gasteiger partial charge < -0.3 is 20.1 Å². The lowest BCUT2D eigenvalue weighted by Gasteiger charge is -2.15. The molecule has 0 bridgehead atoms. The van der Waals surface area contributed by atoms with E-state index in [1.165, 1.54) is 64.2 Å². The van der Waals surface area contributed by atoms with Gasteiger partial charge in [-0.15, -0.1) is 0 Å². The Labute approximate surface area is 311 Å². The second-order valence-electron chi connectivity index (χ2n) is 13.3. The first kappa shape index (κ1) is 49.0. The Bertz CT molecular complexity index is 981. The van der Waals surface area contributed by atoms with Crippen molar-refractivity contribution in [1.82, 2.24) is 5.32 Å². The van der Waals surface area contributed by atoms with E-state index in [1.54, 1.807) is 0 Å². The number of unbranched alkanes of at least 4 members (excludes halogenated alkanes) is 16. The van der Waals surface area contributed by atoms with Crippen molar-refractivity contribution in [2.45, 2.75) is 174 Å². The van der Waals surface area contributed by atoms with Gasteiger partial charge in [0.15, 0.2) is 0 Å². The molecule has 0 aliphatic rings. The van der Waals surface area contributed by atoms with Gasteiger partial charge in [-0.3, -0.25) is 18.6 Å². The van der Waals surface area contributed by atoms with Crippen molar-refractivity contribution in [3.63, 3.8) is 0 Å². The van der Waals surface area contributed by atoms with E-state index < -0.39 is 26.5 Å². The van der Waals surface area contributed by atoms with Gasteiger partial charge in [-0.25, -0.2) is 4.57 Å². The Morgan fingerprint density at radius 2 is 1.06 bits per heavy atom. The van der Waals surface area contributed by atoms with Gasteiger partial charge in [0.2, 0.25) is 5.91 Å². The Kier molecular flexibility index (Phi) is 36.2. The molecule has 9 nitrogen and oxygen atoms in total. The van der Waals surface area contributed by atoms with Gasteiger partial charge in [0.05, 0.1) is 13.2 Å². The van der Waals surface area contributed by atoms with Gasteiger partial charge in [-0.05, 0) is 57.8 Å². The predicted molar refractivity (Wildman–Crippen MR) is 210 cm³/mol. The second kappa shape index (κ2) is 37.7. The normalized spacial score (nSPS) is 13.9. The highest BCUT2D eigenvalue weighted by Crippen LogP contribution is 2.42. The molecule has 0 saturated heterocycles. The largest absolute Gasteiger partial charge is 0.472 e. The molecule has 0 aromatic heterocycles. The Balaban J connectivity index is 3.65. The minimum absolute atomic E-state index is 0.0703. The summed E-state index contributed by atoms with van der Waals surface area (Å²) >= 11 is 0. The van der Waals surface area contributed by atoms with Crippen molar-refractivity contribution in [3.8, 4) is 0 Å². The first-order valence-electron chi connectivity index (χ1n) is 20.1. The first-order chi connectivity index (χ1) is 24.8. The molecule has 51 heavy (non-hydrogen) atoms. The molecule has 0 rings (SSSR count). The average molecular weight is 740 g/mol. The summed E-state index contributed by atoms with van der Waals surface area (Å²) in [5, 5.41) is 12.6. The third-order valence-electron chi connectivity index (χ3n) is 8.26. The summed E-state index contributed by atoms with van der Waals surface area (Å²) in [4.78, 5) is 33.7. The van der Waals surface area contributed by atoms with Crippen molar-refractivity contribution in [2.75, 3.05) is 26.4 Å². The fourth-order valence-corrected chi connectivity index (χ4v) is 5.94. The van der Waals surface area contributed by atoms with Crippen LogP contribution in [0.5, 0.6) is 0 Å². The lowest BCUT2D eigenvalue weighted by molar-refractivity contribution is -0.147. The zero-order valence-corrected chi connectivity index (χ0v) is 33.2. The van der Waals surface area contributed by atoms with Crippen LogP contribution in [-0.2, 0) is 27.9 Å². The molecule has 0 radical (unpaired) electrons. The van der Waals surface area contributed by atoms with Crippen LogP contribution in [-0.4, -0.2) is 54.3 Å². The smallest absolute Gasteiger partial charge is 0.463 e. The Morgan fingerprint density at radius 3 is 1.63 bits per heavy atom. The highest BCUT2D eigenvalue weighted by atomic mass is 31.2. The molecule has 10 heteroatoms. The highest BCUT2D eigenvalue weighted by molar-refractivity contribution is 7.47. The third-order valence-corrected chi connectivity index (χ3v) is 9.25. The standard InChI is InChI=1S/C41H74NO8P/c1-3-5-7-9-11-13-14-15-16-17-18-19-20-21-22-23-24-26-27-29-31-33-40(44)42-35-36-49-51(46,47)50-38-39(43)37-48-41(45)34-32-30-28-25-12-10-8-6-4-2/h11,13,15-16,18-19,21-22,39,43H,3-10,12,14,17,20,23-38H2,1-2H3,(H,42,44)(H,46,47)/b13-11-,16-15-,19-18-,22-21-. The van der Waals surface area contributed by atoms with E-state index in [0.29, 0.717) is 6.42 Å². The molecule has 1 amide bonds. The number of carbonyl (C=O) groups excluding carboxylic acids is 2. The van der Waals surface area contributed by atoms with Crippen LogP contribution < -0.4 is 5.32 Å². The van der Waals surface area contributed by atoms with Crippen molar-refractivity contribution < 1.29 is 37.9 Å². The number of hydrogen-bond acceptors (Lipinski definition) is 7. The van der Waals surface area contributed by atoms with Crippen LogP contribution in [0.3, 0.4) is 0 Å². The molecule has 0 aromatic carbocycles. The minimum Gasteiger partial charge on any atom is -0.463 e. The summed E-state index contributed by atoms with van der Waals surface area (Å²) in [6.45, 7) is 3.46. The van der Waals surface area contributed by atoms with Gasteiger partial charge in [0.1, 0.15) is 12.7 Å². The van der Waals surface area contributed by atoms with Crippen molar-refractivity contribution in [1.29, 1.82) is 0 Å². The van der Waals surface area contributed by atoms with E-state index in [2.05, 4.69) is 67.8 Å². The highest BCUT2D eigenvalue weighted by Gasteiger charge is 2.23. The molecule has 2 unspecified atom stereocenters. The number of nitrogens with one attached hydrogen (secondary N) is 1. The zero-order valence-electron chi connectivity index (χ0n) is 32.3. The number of aliphatic hydroxyl groups excluding tert-OH is 1. The molecule has 0 aromatic rings. The van der Waals surface area contributed by atoms with Crippen LogP contribution >= 0.6 is 7.82 Å². The molecule has 0 fully saturated rings. The topological polar surface area (TPSA) is 131 Å². The first-order valence-corrected chi connectivity index (χ1v) is 21.6. The fourth-order valence-electron chi connectivity index (χ4n) is 5.19. The monoisotopic (exact) mass is 740 g/mol. The summed E-state index contributed by atoms with van der Waals surface area (Å²) in [5.74, 6) is -0.539. The average Bonchev–Trinajstić information content (AvgIpc) is 3.11. The van der Waals surface area contributed by atoms with Gasteiger partial charge in [0.25, 0.3) is 0 Å². The zero-order chi connectivity index (χ0) is 37.5. The molecule has 2 atom stereocenters. The maximum Gasteiger partial charge on any atom is 0.472 e. The Morgan fingerprint density at radius 1 is 0.608 bits per heavy atom. The second-order valence-corrected chi connectivity index (χ2v) is 14.7. The lowest BCUT2D eigenvalue weighted by Crippen LogP contribution is -2.27. The fraction of sp³-hybridized carbons (Fsp3) is 0.756. The van der Waals surface area contributed by atoms with Crippen LogP contribution in [0.1, 0.15) is 168 Å². The number of amides is 1. The Hall–Kier alpha value is -2.03. The van der Waals surface area contributed by atoms with Crippen LogP contribution in [0.25, 0.3) is 0 Å². The van der Waals surface area contributed by atoms with Crippen LogP contribution in [0.4, 0.5) is 0 Å². The number of allylic oxidation sites excluding steroid dienone is 8. The maximum absolute atomic E-state index is 12.0. The van der Waals surface area contributed by atoms with E-state index in [0.717, 1.165) is 77.0 Å². The van der Waals surface area contributed by atoms with E-state index >= 15 is 0 Å². The van der Waals surface area contributed by atoms with Crippen LogP contribution in [0.15, 0.2) is 48.6 Å². The number of phosphoric acid groups is 1. The quantitative estimate of drug-likeness (QED) is 0.0248. The summed E-state index contributed by atoms with van der Waals surface area (Å²) < 4.78 is 26.7. The van der Waals surface area contributed by atoms with Crippen LogP contribution in [0, 0.1) is 0 Å². The summed E-state index contributed by atoms with van der Waals surface area (Å²) in [7, 11) is -4.41. The van der Waals surface area contributed by atoms with Crippen LogP contribution in [0.2, 0.25) is 0 Å². The molecular formula is C41H74NO8P. The van der Waals surface area contributed by atoms with E-state index in [-0.39, 0.29) is 32.1 Å². The summed E-state index contributed by atoms with van der Waals surface area (Å²) in [6.07, 6.45) is 41.9. The SMILES string of the molecule is CCCCC/C=C\C/C=C\C/C=C\C/C=C\CCCCCCCC(=O)NCCOP(=O)(O)OCC(O)COC(=O)CCCCCCCCCCC. The molecular weight excluding hydrogens is 665 g/mol. The molecule has 0 saturated carbocycles. The summed E-state index contributed by atoms with van der Waals surface area (Å²) in [5.41, 5.74) is 0. The molecule has 296 valence electrons. The molecule has 0 heterocycles. The number of esters is 1. The number of ether oxygens (including phenoxy) is 1. The van der Waals surface area contributed by atoms with Crippen molar-refractivity contribution in [2.24, 2.45) is 0 Å². The van der Waals surface area contributed by atoms with Gasteiger partial charge in [-0.1, -0.05) is 146 Å². The molecule has 3 N–H and O–H groups in total. The minimum atomic E-state index is -4.41. The van der Waals surface area contributed by atoms with Crippen molar-refractivity contribution >= 4 is 19.7 Å². The number of hydrogen-bond donors (Lipinski definition) is 3.